The molecule has 1 atom stereocenters. The summed E-state index contributed by atoms with van der Waals surface area (Å²) in [4.78, 5) is 0. The van der Waals surface area contributed by atoms with E-state index < -0.39 is 0 Å². The van der Waals surface area contributed by atoms with Gasteiger partial charge in [-0.25, -0.2) is 0 Å². The van der Waals surface area contributed by atoms with Gasteiger partial charge in [-0.05, 0) is 27.8 Å². The number of likely N-dealkylation sites (N-methyl/N-ethyl adjacent to an activating group) is 1. The van der Waals surface area contributed by atoms with E-state index in [1.165, 1.54) is 0 Å². The van der Waals surface area contributed by atoms with Gasteiger partial charge in [0.05, 0.1) is 29.6 Å². The molecule has 1 aromatic rings. The molecular weight excluding hydrogens is 226 g/mol. The van der Waals surface area contributed by atoms with Crippen LogP contribution in [-0.4, -0.2) is 30.0 Å². The minimum absolute atomic E-state index is 0.0809. The van der Waals surface area contributed by atoms with Crippen LogP contribution in [0.4, 0.5) is 0 Å². The molecule has 0 aromatic carbocycles. The number of rotatable bonds is 6. The summed E-state index contributed by atoms with van der Waals surface area (Å²) in [5, 5.41) is 8.17. The Balaban J connectivity index is 2.93. The van der Waals surface area contributed by atoms with Crippen molar-refractivity contribution in [3.05, 3.63) is 16.9 Å². The maximum atomic E-state index is 6.16. The van der Waals surface area contributed by atoms with E-state index in [0.717, 1.165) is 5.69 Å². The fraction of sp³-hybridized carbons (Fsp3) is 0.727. The largest absolute Gasteiger partial charge is 0.380 e. The van der Waals surface area contributed by atoms with E-state index in [0.29, 0.717) is 24.3 Å². The zero-order valence-electron chi connectivity index (χ0n) is 10.3. The molecule has 1 N–H and O–H groups in total. The second-order valence-electron chi connectivity index (χ2n) is 3.92. The lowest BCUT2D eigenvalue weighted by atomic mass is 10.2. The van der Waals surface area contributed by atoms with Gasteiger partial charge in [-0.2, -0.15) is 5.10 Å². The molecule has 0 bridgehead atoms. The van der Waals surface area contributed by atoms with Crippen LogP contribution in [-0.2, 0) is 4.74 Å². The zero-order chi connectivity index (χ0) is 12.1. The summed E-state index contributed by atoms with van der Waals surface area (Å²) < 4.78 is 7.37. The van der Waals surface area contributed by atoms with E-state index >= 15 is 0 Å². The first kappa shape index (κ1) is 13.5. The van der Waals surface area contributed by atoms with Crippen molar-refractivity contribution in [2.75, 3.05) is 20.3 Å². The molecule has 5 heteroatoms. The van der Waals surface area contributed by atoms with E-state index in [2.05, 4.69) is 24.3 Å². The standard InChI is InChI=1S/C11H20ClN3O/c1-5-16-7-10(13-4)11-9(12)6-14-15(11)8(2)3/h6,8,10,13H,5,7H2,1-4H3. The maximum absolute atomic E-state index is 6.16. The SMILES string of the molecule is CCOCC(NC)c1c(Cl)cnn1C(C)C. The van der Waals surface area contributed by atoms with Crippen molar-refractivity contribution < 1.29 is 4.74 Å². The van der Waals surface area contributed by atoms with Crippen LogP contribution in [0.1, 0.15) is 38.5 Å². The van der Waals surface area contributed by atoms with E-state index in [1.54, 1.807) is 6.20 Å². The van der Waals surface area contributed by atoms with E-state index in [9.17, 15) is 0 Å². The first-order valence-corrected chi connectivity index (χ1v) is 5.97. The highest BCUT2D eigenvalue weighted by Gasteiger charge is 2.20. The van der Waals surface area contributed by atoms with Gasteiger partial charge in [-0.15, -0.1) is 0 Å². The fourth-order valence-electron chi connectivity index (χ4n) is 1.62. The van der Waals surface area contributed by atoms with Crippen molar-refractivity contribution in [3.63, 3.8) is 0 Å². The monoisotopic (exact) mass is 245 g/mol. The summed E-state index contributed by atoms with van der Waals surface area (Å²) in [6, 6.07) is 0.373. The molecule has 0 aliphatic rings. The minimum atomic E-state index is 0.0809. The van der Waals surface area contributed by atoms with Crippen LogP contribution in [0.25, 0.3) is 0 Å². The lowest BCUT2D eigenvalue weighted by Crippen LogP contribution is -2.26. The van der Waals surface area contributed by atoms with Gasteiger partial charge in [-0.1, -0.05) is 11.6 Å². The van der Waals surface area contributed by atoms with E-state index in [4.69, 9.17) is 16.3 Å². The molecule has 92 valence electrons. The predicted molar refractivity (Wildman–Crippen MR) is 65.9 cm³/mol. The van der Waals surface area contributed by atoms with Gasteiger partial charge in [0.25, 0.3) is 0 Å². The molecule has 1 aromatic heterocycles. The second kappa shape index (κ2) is 6.23. The van der Waals surface area contributed by atoms with Crippen molar-refractivity contribution in [3.8, 4) is 0 Å². The molecule has 0 aliphatic carbocycles. The summed E-state index contributed by atoms with van der Waals surface area (Å²) in [7, 11) is 1.90. The van der Waals surface area contributed by atoms with Crippen LogP contribution in [0.15, 0.2) is 6.20 Å². The molecule has 0 fully saturated rings. The first-order valence-electron chi connectivity index (χ1n) is 5.59. The van der Waals surface area contributed by atoms with Crippen molar-refractivity contribution in [2.24, 2.45) is 0 Å². The third kappa shape index (κ3) is 2.97. The highest BCUT2D eigenvalue weighted by atomic mass is 35.5. The Morgan fingerprint density at radius 1 is 1.56 bits per heavy atom. The van der Waals surface area contributed by atoms with Crippen LogP contribution in [0.2, 0.25) is 5.02 Å². The van der Waals surface area contributed by atoms with Gasteiger partial charge >= 0.3 is 0 Å². The van der Waals surface area contributed by atoms with E-state index in [1.807, 2.05) is 18.7 Å². The fourth-order valence-corrected chi connectivity index (χ4v) is 1.88. The van der Waals surface area contributed by atoms with Crippen LogP contribution in [0.3, 0.4) is 0 Å². The van der Waals surface area contributed by atoms with Gasteiger partial charge in [0.1, 0.15) is 0 Å². The van der Waals surface area contributed by atoms with Crippen LogP contribution >= 0.6 is 11.6 Å². The Labute approximate surface area is 102 Å². The first-order chi connectivity index (χ1) is 7.61. The molecule has 0 spiro atoms. The maximum Gasteiger partial charge on any atom is 0.0835 e. The number of hydrogen-bond acceptors (Lipinski definition) is 3. The molecule has 16 heavy (non-hydrogen) atoms. The average Bonchev–Trinajstić information content (AvgIpc) is 2.62. The summed E-state index contributed by atoms with van der Waals surface area (Å²) >= 11 is 6.16. The third-order valence-electron chi connectivity index (χ3n) is 2.44. The predicted octanol–water partition coefficient (Wildman–Crippen LogP) is 2.41. The number of halogens is 1. The molecule has 4 nitrogen and oxygen atoms in total. The van der Waals surface area contributed by atoms with Crippen molar-refractivity contribution in [2.45, 2.75) is 32.9 Å². The second-order valence-corrected chi connectivity index (χ2v) is 4.32. The van der Waals surface area contributed by atoms with E-state index in [-0.39, 0.29) is 6.04 Å². The Morgan fingerprint density at radius 2 is 2.25 bits per heavy atom. The van der Waals surface area contributed by atoms with Crippen LogP contribution < -0.4 is 5.32 Å². The molecule has 0 saturated carbocycles. The summed E-state index contributed by atoms with van der Waals surface area (Å²) in [6.45, 7) is 7.45. The van der Waals surface area contributed by atoms with Gasteiger partial charge in [0.15, 0.2) is 0 Å². The number of hydrogen-bond donors (Lipinski definition) is 1. The van der Waals surface area contributed by atoms with Gasteiger partial charge in [-0.3, -0.25) is 4.68 Å². The quantitative estimate of drug-likeness (QED) is 0.837. The summed E-state index contributed by atoms with van der Waals surface area (Å²) in [6.07, 6.45) is 1.69. The zero-order valence-corrected chi connectivity index (χ0v) is 11.1. The molecule has 1 unspecified atom stereocenters. The van der Waals surface area contributed by atoms with Gasteiger partial charge in [0.2, 0.25) is 0 Å². The smallest absolute Gasteiger partial charge is 0.0835 e. The molecule has 0 aliphatic heterocycles. The van der Waals surface area contributed by atoms with Crippen LogP contribution in [0, 0.1) is 0 Å². The third-order valence-corrected chi connectivity index (χ3v) is 2.73. The average molecular weight is 246 g/mol. The lowest BCUT2D eigenvalue weighted by Gasteiger charge is -2.20. The molecule has 0 saturated heterocycles. The Bertz CT molecular complexity index is 325. The van der Waals surface area contributed by atoms with Gasteiger partial charge < -0.3 is 10.1 Å². The molecule has 0 amide bonds. The minimum Gasteiger partial charge on any atom is -0.380 e. The number of ether oxygens (including phenoxy) is 1. The topological polar surface area (TPSA) is 39.1 Å². The Hall–Kier alpha value is -0.580. The normalized spacial score (nSPS) is 13.4. The molecule has 1 heterocycles. The number of nitrogens with zero attached hydrogens (tertiary/aromatic N) is 2. The van der Waals surface area contributed by atoms with Crippen molar-refractivity contribution in [1.82, 2.24) is 15.1 Å². The van der Waals surface area contributed by atoms with Crippen molar-refractivity contribution >= 4 is 11.6 Å². The molecule has 0 radical (unpaired) electrons. The summed E-state index contributed by atoms with van der Waals surface area (Å²) in [5.41, 5.74) is 0.993. The highest BCUT2D eigenvalue weighted by molar-refractivity contribution is 6.31. The number of aromatic nitrogens is 2. The van der Waals surface area contributed by atoms with Crippen LogP contribution in [0.5, 0.6) is 0 Å². The highest BCUT2D eigenvalue weighted by Crippen LogP contribution is 2.25. The summed E-state index contributed by atoms with van der Waals surface area (Å²) in [5.74, 6) is 0. The Morgan fingerprint density at radius 3 is 2.75 bits per heavy atom. The molecule has 1 rings (SSSR count). The van der Waals surface area contributed by atoms with Gasteiger partial charge in [0, 0.05) is 12.6 Å². The number of nitrogens with one attached hydrogen (secondary N) is 1. The molecular formula is C11H20ClN3O. The lowest BCUT2D eigenvalue weighted by molar-refractivity contribution is 0.122. The van der Waals surface area contributed by atoms with Crippen molar-refractivity contribution in [1.29, 1.82) is 0 Å². The Kier molecular flexibility index (Phi) is 5.25.